The average Bonchev–Trinajstić information content (AvgIpc) is 2.74. The van der Waals surface area contributed by atoms with Crippen molar-refractivity contribution in [3.05, 3.63) is 53.3 Å². The molecule has 0 fully saturated rings. The lowest BCUT2D eigenvalue weighted by Gasteiger charge is -2.03. The molecule has 0 unspecified atom stereocenters. The third-order valence-electron chi connectivity index (χ3n) is 2.16. The van der Waals surface area contributed by atoms with Gasteiger partial charge in [-0.1, -0.05) is 11.6 Å². The quantitative estimate of drug-likeness (QED) is 0.843. The highest BCUT2D eigenvalue weighted by molar-refractivity contribution is 6.30. The summed E-state index contributed by atoms with van der Waals surface area (Å²) >= 11 is 5.75. The van der Waals surface area contributed by atoms with Crippen molar-refractivity contribution in [1.29, 1.82) is 0 Å². The molecule has 2 aromatic rings. The van der Waals surface area contributed by atoms with Gasteiger partial charge in [0.15, 0.2) is 0 Å². The highest BCUT2D eigenvalue weighted by atomic mass is 35.5. The van der Waals surface area contributed by atoms with E-state index in [1.54, 1.807) is 36.7 Å². The first-order valence-electron chi connectivity index (χ1n) is 4.91. The third kappa shape index (κ3) is 2.87. The number of H-pyrrole nitrogens is 1. The van der Waals surface area contributed by atoms with Crippen molar-refractivity contribution in [2.75, 3.05) is 5.32 Å². The van der Waals surface area contributed by atoms with Crippen molar-refractivity contribution in [1.82, 2.24) is 4.98 Å². The summed E-state index contributed by atoms with van der Waals surface area (Å²) in [6.45, 7) is 0. The molecular formula is C12H11ClN2O. The van der Waals surface area contributed by atoms with Crippen LogP contribution >= 0.6 is 11.6 Å². The molecule has 0 atom stereocenters. The van der Waals surface area contributed by atoms with Gasteiger partial charge in [-0.25, -0.2) is 0 Å². The van der Waals surface area contributed by atoms with Crippen LogP contribution in [0.1, 0.15) is 5.56 Å². The topological polar surface area (TPSA) is 44.9 Å². The van der Waals surface area contributed by atoms with Crippen molar-refractivity contribution in [2.45, 2.75) is 6.42 Å². The third-order valence-corrected chi connectivity index (χ3v) is 2.41. The maximum absolute atomic E-state index is 11.6. The summed E-state index contributed by atoms with van der Waals surface area (Å²) in [5.74, 6) is -0.0399. The van der Waals surface area contributed by atoms with Gasteiger partial charge in [0.2, 0.25) is 5.91 Å². The lowest BCUT2D eigenvalue weighted by Crippen LogP contribution is -2.13. The van der Waals surface area contributed by atoms with E-state index in [1.807, 2.05) is 6.07 Å². The Balaban J connectivity index is 1.95. The summed E-state index contributed by atoms with van der Waals surface area (Å²) in [5, 5.41) is 3.45. The molecule has 0 saturated heterocycles. The molecule has 1 aromatic carbocycles. The van der Waals surface area contributed by atoms with E-state index in [2.05, 4.69) is 10.3 Å². The molecule has 82 valence electrons. The zero-order valence-corrected chi connectivity index (χ0v) is 9.29. The number of nitrogens with one attached hydrogen (secondary N) is 2. The summed E-state index contributed by atoms with van der Waals surface area (Å²) < 4.78 is 0. The normalized spacial score (nSPS) is 10.1. The van der Waals surface area contributed by atoms with Crippen LogP contribution in [-0.2, 0) is 11.2 Å². The van der Waals surface area contributed by atoms with E-state index in [9.17, 15) is 4.79 Å². The smallest absolute Gasteiger partial charge is 0.228 e. The van der Waals surface area contributed by atoms with Crippen LogP contribution < -0.4 is 5.32 Å². The van der Waals surface area contributed by atoms with Crippen LogP contribution in [0.3, 0.4) is 0 Å². The van der Waals surface area contributed by atoms with Crippen LogP contribution in [0, 0.1) is 0 Å². The van der Waals surface area contributed by atoms with Crippen molar-refractivity contribution >= 4 is 23.2 Å². The second kappa shape index (κ2) is 4.86. The minimum absolute atomic E-state index is 0.0399. The molecule has 0 saturated carbocycles. The van der Waals surface area contributed by atoms with E-state index < -0.39 is 0 Å². The Morgan fingerprint density at radius 1 is 1.25 bits per heavy atom. The number of hydrogen-bond donors (Lipinski definition) is 2. The van der Waals surface area contributed by atoms with E-state index >= 15 is 0 Å². The predicted molar refractivity (Wildman–Crippen MR) is 64.6 cm³/mol. The summed E-state index contributed by atoms with van der Waals surface area (Å²) in [6.07, 6.45) is 3.97. The molecule has 0 aliphatic rings. The lowest BCUT2D eigenvalue weighted by atomic mass is 10.2. The number of hydrogen-bond acceptors (Lipinski definition) is 1. The van der Waals surface area contributed by atoms with Crippen LogP contribution in [-0.4, -0.2) is 10.9 Å². The molecule has 1 aromatic heterocycles. The van der Waals surface area contributed by atoms with Crippen LogP contribution in [0.15, 0.2) is 42.7 Å². The molecule has 2 N–H and O–H groups in total. The van der Waals surface area contributed by atoms with Crippen LogP contribution in [0.2, 0.25) is 5.02 Å². The number of carbonyl (C=O) groups excluding carboxylic acids is 1. The first-order chi connectivity index (χ1) is 7.74. The molecule has 2 rings (SSSR count). The molecule has 0 bridgehead atoms. The molecule has 1 heterocycles. The summed E-state index contributed by atoms with van der Waals surface area (Å²) in [4.78, 5) is 14.5. The SMILES string of the molecule is O=C(Cc1cc[nH]c1)Nc1ccc(Cl)cc1. The summed E-state index contributed by atoms with van der Waals surface area (Å²) in [7, 11) is 0. The van der Waals surface area contributed by atoms with Crippen LogP contribution in [0.25, 0.3) is 0 Å². The zero-order chi connectivity index (χ0) is 11.4. The maximum Gasteiger partial charge on any atom is 0.228 e. The Morgan fingerprint density at radius 2 is 2.00 bits per heavy atom. The van der Waals surface area contributed by atoms with Gasteiger partial charge in [0.05, 0.1) is 6.42 Å². The van der Waals surface area contributed by atoms with E-state index in [4.69, 9.17) is 11.6 Å². The number of anilines is 1. The van der Waals surface area contributed by atoms with E-state index in [-0.39, 0.29) is 5.91 Å². The fourth-order valence-electron chi connectivity index (χ4n) is 1.39. The molecule has 3 nitrogen and oxygen atoms in total. The molecule has 0 aliphatic carbocycles. The van der Waals surface area contributed by atoms with Gasteiger partial charge < -0.3 is 10.3 Å². The van der Waals surface area contributed by atoms with E-state index in [1.165, 1.54) is 0 Å². The van der Waals surface area contributed by atoms with Crippen molar-refractivity contribution in [2.24, 2.45) is 0 Å². The second-order valence-electron chi connectivity index (χ2n) is 3.45. The molecule has 0 radical (unpaired) electrons. The molecule has 0 spiro atoms. The molecule has 4 heteroatoms. The fourth-order valence-corrected chi connectivity index (χ4v) is 1.52. The van der Waals surface area contributed by atoms with Gasteiger partial charge in [-0.3, -0.25) is 4.79 Å². The van der Waals surface area contributed by atoms with Gasteiger partial charge in [-0.2, -0.15) is 0 Å². The first-order valence-corrected chi connectivity index (χ1v) is 5.29. The van der Waals surface area contributed by atoms with Gasteiger partial charge in [-0.05, 0) is 35.9 Å². The minimum Gasteiger partial charge on any atom is -0.367 e. The molecule has 0 aliphatic heterocycles. The van der Waals surface area contributed by atoms with Crippen LogP contribution in [0.5, 0.6) is 0 Å². The minimum atomic E-state index is -0.0399. The van der Waals surface area contributed by atoms with Crippen LogP contribution in [0.4, 0.5) is 5.69 Å². The number of amides is 1. The molecular weight excluding hydrogens is 224 g/mol. The van der Waals surface area contributed by atoms with Gasteiger partial charge in [0, 0.05) is 23.1 Å². The highest BCUT2D eigenvalue weighted by Gasteiger charge is 2.03. The van der Waals surface area contributed by atoms with Gasteiger partial charge >= 0.3 is 0 Å². The number of aromatic amines is 1. The Morgan fingerprint density at radius 3 is 2.62 bits per heavy atom. The van der Waals surface area contributed by atoms with E-state index in [0.717, 1.165) is 11.3 Å². The standard InChI is InChI=1S/C12H11ClN2O/c13-10-1-3-11(4-2-10)15-12(16)7-9-5-6-14-8-9/h1-6,8,14H,7H2,(H,15,16). The monoisotopic (exact) mass is 234 g/mol. The second-order valence-corrected chi connectivity index (χ2v) is 3.89. The predicted octanol–water partition coefficient (Wildman–Crippen LogP) is 2.85. The zero-order valence-electron chi connectivity index (χ0n) is 8.53. The van der Waals surface area contributed by atoms with Gasteiger partial charge in [0.25, 0.3) is 0 Å². The molecule has 1 amide bonds. The summed E-state index contributed by atoms with van der Waals surface area (Å²) in [5.41, 5.74) is 1.72. The Bertz CT molecular complexity index is 462. The number of rotatable bonds is 3. The molecule has 16 heavy (non-hydrogen) atoms. The van der Waals surface area contributed by atoms with Crippen molar-refractivity contribution in [3.8, 4) is 0 Å². The van der Waals surface area contributed by atoms with E-state index in [0.29, 0.717) is 11.4 Å². The van der Waals surface area contributed by atoms with Gasteiger partial charge in [-0.15, -0.1) is 0 Å². The average molecular weight is 235 g/mol. The summed E-state index contributed by atoms with van der Waals surface area (Å²) in [6, 6.07) is 8.91. The maximum atomic E-state index is 11.6. The van der Waals surface area contributed by atoms with Crippen molar-refractivity contribution < 1.29 is 4.79 Å². The largest absolute Gasteiger partial charge is 0.367 e. The Kier molecular flexibility index (Phi) is 3.27. The lowest BCUT2D eigenvalue weighted by molar-refractivity contribution is -0.115. The fraction of sp³-hybridized carbons (Fsp3) is 0.0833. The van der Waals surface area contributed by atoms with Crippen molar-refractivity contribution in [3.63, 3.8) is 0 Å². The Hall–Kier alpha value is -1.74. The number of benzene rings is 1. The number of aromatic nitrogens is 1. The Labute approximate surface area is 98.4 Å². The highest BCUT2D eigenvalue weighted by Crippen LogP contribution is 2.13. The number of halogens is 1. The van der Waals surface area contributed by atoms with Gasteiger partial charge in [0.1, 0.15) is 0 Å². The first kappa shape index (κ1) is 10.8. The number of carbonyl (C=O) groups is 1.